The third-order valence-electron chi connectivity index (χ3n) is 5.03. The highest BCUT2D eigenvalue weighted by Gasteiger charge is 2.11. The van der Waals surface area contributed by atoms with E-state index in [9.17, 15) is 14.9 Å². The number of ether oxygens (including phenoxy) is 2. The molecule has 35 heavy (non-hydrogen) atoms. The van der Waals surface area contributed by atoms with E-state index in [0.29, 0.717) is 29.4 Å². The molecule has 3 aromatic rings. The van der Waals surface area contributed by atoms with Crippen LogP contribution in [0.1, 0.15) is 31.0 Å². The lowest BCUT2D eigenvalue weighted by molar-refractivity contribution is -0.123. The molecule has 2 amide bonds. The van der Waals surface area contributed by atoms with Crippen molar-refractivity contribution in [2.45, 2.75) is 19.9 Å². The number of rotatable bonds is 10. The van der Waals surface area contributed by atoms with Gasteiger partial charge in [-0.05, 0) is 67.4 Å². The van der Waals surface area contributed by atoms with Crippen molar-refractivity contribution in [2.75, 3.05) is 18.5 Å². The van der Waals surface area contributed by atoms with Gasteiger partial charge in [0.2, 0.25) is 0 Å². The fourth-order valence-electron chi connectivity index (χ4n) is 3.23. The largest absolute Gasteiger partial charge is 0.494 e. The van der Waals surface area contributed by atoms with Crippen molar-refractivity contribution in [3.63, 3.8) is 0 Å². The summed E-state index contributed by atoms with van der Waals surface area (Å²) in [5.74, 6) is 0.457. The highest BCUT2D eigenvalue weighted by atomic mass is 16.5. The van der Waals surface area contributed by atoms with Crippen LogP contribution >= 0.6 is 0 Å². The molecule has 2 N–H and O–H groups in total. The van der Waals surface area contributed by atoms with Gasteiger partial charge in [-0.25, -0.2) is 0 Å². The van der Waals surface area contributed by atoms with E-state index in [1.165, 1.54) is 6.08 Å². The van der Waals surface area contributed by atoms with E-state index >= 15 is 0 Å². The number of amides is 2. The zero-order chi connectivity index (χ0) is 25.0. The molecule has 1 atom stereocenters. The molecule has 7 heteroatoms. The second kappa shape index (κ2) is 12.6. The van der Waals surface area contributed by atoms with Crippen LogP contribution in [-0.4, -0.2) is 25.0 Å². The summed E-state index contributed by atoms with van der Waals surface area (Å²) >= 11 is 0. The summed E-state index contributed by atoms with van der Waals surface area (Å²) in [6.45, 7) is 4.23. The van der Waals surface area contributed by atoms with Gasteiger partial charge in [-0.3, -0.25) is 9.59 Å². The van der Waals surface area contributed by atoms with Crippen LogP contribution in [0.3, 0.4) is 0 Å². The number of anilines is 1. The van der Waals surface area contributed by atoms with Crippen molar-refractivity contribution in [2.24, 2.45) is 0 Å². The molecule has 0 heterocycles. The summed E-state index contributed by atoms with van der Waals surface area (Å²) in [5, 5.41) is 15.0. The van der Waals surface area contributed by atoms with Gasteiger partial charge < -0.3 is 20.1 Å². The van der Waals surface area contributed by atoms with E-state index in [0.717, 1.165) is 5.56 Å². The molecule has 0 bridgehead atoms. The first-order chi connectivity index (χ1) is 17.0. The maximum Gasteiger partial charge on any atom is 0.266 e. The number of nitriles is 1. The van der Waals surface area contributed by atoms with Crippen LogP contribution in [0.25, 0.3) is 6.08 Å². The number of carbonyl (C=O) groups excluding carboxylic acids is 2. The van der Waals surface area contributed by atoms with E-state index < -0.39 is 5.91 Å². The van der Waals surface area contributed by atoms with E-state index in [4.69, 9.17) is 9.47 Å². The topological polar surface area (TPSA) is 100 Å². The van der Waals surface area contributed by atoms with Crippen LogP contribution in [0, 0.1) is 11.3 Å². The Morgan fingerprint density at radius 1 is 0.943 bits per heavy atom. The highest BCUT2D eigenvalue weighted by Crippen LogP contribution is 2.18. The average Bonchev–Trinajstić information content (AvgIpc) is 2.88. The Kier molecular flexibility index (Phi) is 9.03. The summed E-state index contributed by atoms with van der Waals surface area (Å²) < 4.78 is 10.9. The fourth-order valence-corrected chi connectivity index (χ4v) is 3.23. The van der Waals surface area contributed by atoms with Gasteiger partial charge >= 0.3 is 0 Å². The first-order valence-electron chi connectivity index (χ1n) is 11.2. The standard InChI is InChI=1S/C28H27N3O4/c1-3-34-25-15-11-24(12-16-25)31-28(33)23(18-29)17-21-9-13-26(14-10-21)35-19-27(32)30-20(2)22-7-5-4-6-8-22/h4-17,20H,3,19H2,1-2H3,(H,30,32)(H,31,33)/b23-17+/t20-/m0/s1. The maximum absolute atomic E-state index is 12.5. The Labute approximate surface area is 205 Å². The van der Waals surface area contributed by atoms with Crippen LogP contribution in [0.5, 0.6) is 11.5 Å². The molecule has 7 nitrogen and oxygen atoms in total. The first-order valence-corrected chi connectivity index (χ1v) is 11.2. The predicted octanol–water partition coefficient (Wildman–Crippen LogP) is 4.89. The zero-order valence-electron chi connectivity index (χ0n) is 19.7. The van der Waals surface area contributed by atoms with E-state index in [2.05, 4.69) is 10.6 Å². The highest BCUT2D eigenvalue weighted by molar-refractivity contribution is 6.09. The summed E-state index contributed by atoms with van der Waals surface area (Å²) in [6.07, 6.45) is 1.49. The van der Waals surface area contributed by atoms with Crippen molar-refractivity contribution in [3.8, 4) is 17.6 Å². The lowest BCUT2D eigenvalue weighted by Gasteiger charge is -2.14. The van der Waals surface area contributed by atoms with E-state index in [-0.39, 0.29) is 24.1 Å². The number of hydrogen-bond acceptors (Lipinski definition) is 5. The smallest absolute Gasteiger partial charge is 0.266 e. The molecule has 0 radical (unpaired) electrons. The van der Waals surface area contributed by atoms with Gasteiger partial charge in [0.05, 0.1) is 12.6 Å². The van der Waals surface area contributed by atoms with Crippen LogP contribution in [-0.2, 0) is 9.59 Å². The van der Waals surface area contributed by atoms with Crippen LogP contribution in [0.2, 0.25) is 0 Å². The van der Waals surface area contributed by atoms with Crippen molar-refractivity contribution >= 4 is 23.6 Å². The zero-order valence-corrected chi connectivity index (χ0v) is 19.7. The molecular formula is C28H27N3O4. The van der Waals surface area contributed by atoms with Crippen molar-refractivity contribution < 1.29 is 19.1 Å². The minimum atomic E-state index is -0.513. The number of nitrogens with zero attached hydrogens (tertiary/aromatic N) is 1. The molecule has 0 spiro atoms. The number of nitrogens with one attached hydrogen (secondary N) is 2. The lowest BCUT2D eigenvalue weighted by Crippen LogP contribution is -2.31. The SMILES string of the molecule is CCOc1ccc(NC(=O)/C(C#N)=C/c2ccc(OCC(=O)N[C@@H](C)c3ccccc3)cc2)cc1. The molecule has 0 aliphatic carbocycles. The summed E-state index contributed by atoms with van der Waals surface area (Å²) in [4.78, 5) is 24.7. The van der Waals surface area contributed by atoms with E-state index in [1.54, 1.807) is 48.5 Å². The molecule has 3 aromatic carbocycles. The quantitative estimate of drug-likeness (QED) is 0.325. The van der Waals surface area contributed by atoms with Gasteiger partial charge in [0.25, 0.3) is 11.8 Å². The molecule has 0 saturated carbocycles. The molecule has 0 unspecified atom stereocenters. The van der Waals surface area contributed by atoms with Crippen molar-refractivity contribution in [1.29, 1.82) is 5.26 Å². The Hall–Kier alpha value is -4.57. The Bertz CT molecular complexity index is 1200. The minimum Gasteiger partial charge on any atom is -0.494 e. The Morgan fingerprint density at radius 2 is 1.57 bits per heavy atom. The van der Waals surface area contributed by atoms with Gasteiger partial charge in [-0.2, -0.15) is 5.26 Å². The monoisotopic (exact) mass is 469 g/mol. The van der Waals surface area contributed by atoms with Crippen LogP contribution in [0.15, 0.2) is 84.4 Å². The van der Waals surface area contributed by atoms with Gasteiger partial charge in [0.1, 0.15) is 23.1 Å². The molecular weight excluding hydrogens is 442 g/mol. The molecule has 3 rings (SSSR count). The number of carbonyl (C=O) groups is 2. The molecule has 0 aromatic heterocycles. The molecule has 178 valence electrons. The first kappa shape index (κ1) is 25.1. The Morgan fingerprint density at radius 3 is 2.20 bits per heavy atom. The molecule has 0 aliphatic heterocycles. The van der Waals surface area contributed by atoms with Crippen LogP contribution < -0.4 is 20.1 Å². The minimum absolute atomic E-state index is 0.0400. The van der Waals surface area contributed by atoms with Crippen LogP contribution in [0.4, 0.5) is 5.69 Å². The second-order valence-electron chi connectivity index (χ2n) is 7.64. The predicted molar refractivity (Wildman–Crippen MR) is 135 cm³/mol. The summed E-state index contributed by atoms with van der Waals surface area (Å²) in [6, 6.07) is 25.2. The van der Waals surface area contributed by atoms with Crippen molar-refractivity contribution in [3.05, 3.63) is 95.6 Å². The molecule has 0 saturated heterocycles. The number of hydrogen-bond donors (Lipinski definition) is 2. The molecule has 0 fully saturated rings. The lowest BCUT2D eigenvalue weighted by atomic mass is 10.1. The second-order valence-corrected chi connectivity index (χ2v) is 7.64. The van der Waals surface area contributed by atoms with Gasteiger partial charge in [-0.1, -0.05) is 42.5 Å². The van der Waals surface area contributed by atoms with Gasteiger partial charge in [0.15, 0.2) is 6.61 Å². The normalized spacial score (nSPS) is 11.6. The average molecular weight is 470 g/mol. The fraction of sp³-hybridized carbons (Fsp3) is 0.179. The van der Waals surface area contributed by atoms with Gasteiger partial charge in [0, 0.05) is 5.69 Å². The number of benzene rings is 3. The van der Waals surface area contributed by atoms with Crippen molar-refractivity contribution in [1.82, 2.24) is 5.32 Å². The molecule has 0 aliphatic rings. The summed E-state index contributed by atoms with van der Waals surface area (Å²) in [7, 11) is 0. The van der Waals surface area contributed by atoms with E-state index in [1.807, 2.05) is 50.2 Å². The third kappa shape index (κ3) is 7.76. The summed E-state index contributed by atoms with van der Waals surface area (Å²) in [5.41, 5.74) is 2.18. The third-order valence-corrected chi connectivity index (χ3v) is 5.03. The Balaban J connectivity index is 1.53. The maximum atomic E-state index is 12.5. The van der Waals surface area contributed by atoms with Gasteiger partial charge in [-0.15, -0.1) is 0 Å².